The Hall–Kier alpha value is -3.39. The molecule has 0 fully saturated rings. The summed E-state index contributed by atoms with van der Waals surface area (Å²) in [5, 5.41) is 11.8. The van der Waals surface area contributed by atoms with Crippen LogP contribution in [0.3, 0.4) is 0 Å². The van der Waals surface area contributed by atoms with E-state index in [-0.39, 0.29) is 11.3 Å². The molecule has 8 heteroatoms. The van der Waals surface area contributed by atoms with E-state index in [1.54, 1.807) is 48.5 Å². The van der Waals surface area contributed by atoms with Crippen LogP contribution < -0.4 is 10.2 Å². The van der Waals surface area contributed by atoms with Crippen LogP contribution in [-0.2, 0) is 6.42 Å². The molecule has 2 aromatic carbocycles. The highest BCUT2D eigenvalue weighted by atomic mass is 32.1. The Labute approximate surface area is 158 Å². The number of hydrogen-bond donors (Lipinski definition) is 1. The molecule has 0 unspecified atom stereocenters. The number of nitrogens with one attached hydrogen (secondary N) is 1. The summed E-state index contributed by atoms with van der Waals surface area (Å²) < 4.78 is 0. The van der Waals surface area contributed by atoms with Crippen molar-refractivity contribution in [1.29, 1.82) is 0 Å². The monoisotopic (exact) mass is 378 g/mol. The summed E-state index contributed by atoms with van der Waals surface area (Å²) in [5.41, 5.74) is 1.10. The summed E-state index contributed by atoms with van der Waals surface area (Å²) in [7, 11) is 0. The molecule has 134 valence electrons. The molecular formula is C19H14N4O3S. The minimum Gasteiger partial charge on any atom is -0.296 e. The van der Waals surface area contributed by atoms with E-state index in [0.29, 0.717) is 16.3 Å². The van der Waals surface area contributed by atoms with Crippen LogP contribution in [0, 0.1) is 0 Å². The molecule has 0 saturated heterocycles. The Kier molecular flexibility index (Phi) is 4.25. The van der Waals surface area contributed by atoms with Crippen LogP contribution in [0.5, 0.6) is 0 Å². The predicted molar refractivity (Wildman–Crippen MR) is 101 cm³/mol. The Balaban J connectivity index is 1.69. The second kappa shape index (κ2) is 6.73. The third-order valence-corrected chi connectivity index (χ3v) is 5.16. The van der Waals surface area contributed by atoms with Crippen molar-refractivity contribution in [1.82, 2.24) is 10.2 Å². The Morgan fingerprint density at radius 2 is 1.63 bits per heavy atom. The van der Waals surface area contributed by atoms with Gasteiger partial charge in [0, 0.05) is 0 Å². The molecule has 0 bridgehead atoms. The van der Waals surface area contributed by atoms with E-state index in [4.69, 9.17) is 0 Å². The molecule has 27 heavy (non-hydrogen) atoms. The number of rotatable bonds is 4. The number of imide groups is 1. The molecule has 7 nitrogen and oxygen atoms in total. The van der Waals surface area contributed by atoms with Gasteiger partial charge in [-0.2, -0.15) is 0 Å². The largest absolute Gasteiger partial charge is 0.296 e. The first-order valence-corrected chi connectivity index (χ1v) is 9.12. The number of anilines is 2. The molecule has 0 spiro atoms. The quantitative estimate of drug-likeness (QED) is 0.704. The third kappa shape index (κ3) is 2.89. The van der Waals surface area contributed by atoms with Crippen LogP contribution in [0.1, 0.15) is 43.0 Å². The topological polar surface area (TPSA) is 92.3 Å². The zero-order valence-corrected chi connectivity index (χ0v) is 15.1. The highest BCUT2D eigenvalue weighted by Gasteiger charge is 2.38. The summed E-state index contributed by atoms with van der Waals surface area (Å²) >= 11 is 1.28. The fourth-order valence-electron chi connectivity index (χ4n) is 2.88. The van der Waals surface area contributed by atoms with Gasteiger partial charge < -0.3 is 0 Å². The number of hydrogen-bond acceptors (Lipinski definition) is 6. The first-order valence-electron chi connectivity index (χ1n) is 8.30. The number of aromatic nitrogens is 2. The van der Waals surface area contributed by atoms with Crippen molar-refractivity contribution in [3.05, 3.63) is 70.2 Å². The summed E-state index contributed by atoms with van der Waals surface area (Å²) in [5.74, 6) is -1.35. The molecule has 2 heterocycles. The smallest absolute Gasteiger partial charge is 0.266 e. The van der Waals surface area contributed by atoms with Crippen LogP contribution >= 0.6 is 11.3 Å². The van der Waals surface area contributed by atoms with Gasteiger partial charge in [-0.1, -0.05) is 42.5 Å². The van der Waals surface area contributed by atoms with Gasteiger partial charge in [-0.15, -0.1) is 10.2 Å². The molecule has 3 aromatic rings. The number of carbonyl (C=O) groups excluding carboxylic acids is 3. The lowest BCUT2D eigenvalue weighted by molar-refractivity contribution is 0.0926. The fraction of sp³-hybridized carbons (Fsp3) is 0.105. The summed E-state index contributed by atoms with van der Waals surface area (Å²) in [4.78, 5) is 39.3. The van der Waals surface area contributed by atoms with Gasteiger partial charge >= 0.3 is 0 Å². The van der Waals surface area contributed by atoms with Crippen LogP contribution in [0.15, 0.2) is 48.5 Å². The molecule has 4 rings (SSSR count). The summed E-state index contributed by atoms with van der Waals surface area (Å²) in [6, 6.07) is 13.1. The molecule has 3 amide bonds. The molecular weight excluding hydrogens is 364 g/mol. The van der Waals surface area contributed by atoms with Crippen LogP contribution in [-0.4, -0.2) is 27.9 Å². The first kappa shape index (κ1) is 17.0. The van der Waals surface area contributed by atoms with Crippen molar-refractivity contribution >= 4 is 39.9 Å². The van der Waals surface area contributed by atoms with Gasteiger partial charge in [0.15, 0.2) is 0 Å². The van der Waals surface area contributed by atoms with Gasteiger partial charge in [0.25, 0.3) is 17.7 Å². The van der Waals surface area contributed by atoms with Gasteiger partial charge in [-0.25, -0.2) is 4.90 Å². The third-order valence-electron chi connectivity index (χ3n) is 4.17. The van der Waals surface area contributed by atoms with Crippen molar-refractivity contribution in [3.63, 3.8) is 0 Å². The second-order valence-electron chi connectivity index (χ2n) is 5.82. The molecule has 1 N–H and O–H groups in total. The maximum absolute atomic E-state index is 12.8. The van der Waals surface area contributed by atoms with E-state index in [1.165, 1.54) is 11.3 Å². The summed E-state index contributed by atoms with van der Waals surface area (Å²) in [6.07, 6.45) is 0.721. The van der Waals surface area contributed by atoms with E-state index < -0.39 is 17.7 Å². The second-order valence-corrected chi connectivity index (χ2v) is 6.88. The zero-order chi connectivity index (χ0) is 19.0. The molecule has 1 aromatic heterocycles. The first-order chi connectivity index (χ1) is 13.1. The minimum absolute atomic E-state index is 0.209. The molecule has 0 radical (unpaired) electrons. The van der Waals surface area contributed by atoms with Gasteiger partial charge in [0.1, 0.15) is 5.01 Å². The maximum Gasteiger partial charge on any atom is 0.266 e. The zero-order valence-electron chi connectivity index (χ0n) is 14.3. The number of amides is 3. The van der Waals surface area contributed by atoms with Crippen molar-refractivity contribution < 1.29 is 14.4 Å². The van der Waals surface area contributed by atoms with Crippen molar-refractivity contribution in [3.8, 4) is 0 Å². The molecule has 0 atom stereocenters. The normalized spacial score (nSPS) is 13.0. The molecule has 1 aliphatic rings. The molecule has 0 saturated carbocycles. The van der Waals surface area contributed by atoms with Gasteiger partial charge in [0.05, 0.1) is 22.4 Å². The van der Waals surface area contributed by atoms with E-state index in [1.807, 2.05) is 6.92 Å². The number of para-hydroxylation sites is 1. The van der Waals surface area contributed by atoms with Crippen LogP contribution in [0.2, 0.25) is 0 Å². The highest BCUT2D eigenvalue weighted by Crippen LogP contribution is 2.31. The van der Waals surface area contributed by atoms with Crippen LogP contribution in [0.4, 0.5) is 10.8 Å². The average molecular weight is 378 g/mol. The van der Waals surface area contributed by atoms with E-state index >= 15 is 0 Å². The molecule has 1 aliphatic heterocycles. The Morgan fingerprint density at radius 1 is 1.00 bits per heavy atom. The SMILES string of the molecule is CCc1nnc(NC(=O)c2ccccc2N2C(=O)c3ccccc3C2=O)s1. The Bertz CT molecular complexity index is 1040. The minimum atomic E-state index is -0.457. The average Bonchev–Trinajstić information content (AvgIpc) is 3.25. The number of aryl methyl sites for hydroxylation is 1. The molecule has 0 aliphatic carbocycles. The van der Waals surface area contributed by atoms with E-state index in [0.717, 1.165) is 16.3 Å². The number of benzene rings is 2. The van der Waals surface area contributed by atoms with Gasteiger partial charge in [0.2, 0.25) is 5.13 Å². The van der Waals surface area contributed by atoms with E-state index in [2.05, 4.69) is 15.5 Å². The Morgan fingerprint density at radius 3 is 2.26 bits per heavy atom. The number of nitrogens with zero attached hydrogens (tertiary/aromatic N) is 3. The summed E-state index contributed by atoms with van der Waals surface area (Å²) in [6.45, 7) is 1.95. The lowest BCUT2D eigenvalue weighted by Gasteiger charge is -2.17. The highest BCUT2D eigenvalue weighted by molar-refractivity contribution is 7.15. The number of fused-ring (bicyclic) bond motifs is 1. The van der Waals surface area contributed by atoms with Crippen LogP contribution in [0.25, 0.3) is 0 Å². The number of carbonyl (C=O) groups is 3. The van der Waals surface area contributed by atoms with Crippen molar-refractivity contribution in [2.75, 3.05) is 10.2 Å². The van der Waals surface area contributed by atoms with Crippen molar-refractivity contribution in [2.24, 2.45) is 0 Å². The lowest BCUT2D eigenvalue weighted by Crippen LogP contribution is -2.31. The maximum atomic E-state index is 12.8. The van der Waals surface area contributed by atoms with Crippen molar-refractivity contribution in [2.45, 2.75) is 13.3 Å². The lowest BCUT2D eigenvalue weighted by atomic mass is 10.1. The van der Waals surface area contributed by atoms with Gasteiger partial charge in [-0.3, -0.25) is 19.7 Å². The predicted octanol–water partition coefficient (Wildman–Crippen LogP) is 3.15. The fourth-order valence-corrected chi connectivity index (χ4v) is 3.55. The van der Waals surface area contributed by atoms with E-state index in [9.17, 15) is 14.4 Å². The standard InChI is InChI=1S/C19H14N4O3S/c1-2-15-21-22-19(27-15)20-16(24)13-9-5-6-10-14(13)23-17(25)11-7-3-4-8-12(11)18(23)26/h3-10H,2H2,1H3,(H,20,22,24). The van der Waals surface area contributed by atoms with Gasteiger partial charge in [-0.05, 0) is 30.7 Å².